The van der Waals surface area contributed by atoms with E-state index in [9.17, 15) is 0 Å². The van der Waals surface area contributed by atoms with Crippen molar-refractivity contribution in [2.45, 2.75) is 82.1 Å². The molecule has 0 aliphatic heterocycles. The molecule has 4 nitrogen and oxygen atoms in total. The molecule has 0 unspecified atom stereocenters. The van der Waals surface area contributed by atoms with E-state index in [2.05, 4.69) is 18.0 Å². The lowest BCUT2D eigenvalue weighted by Gasteiger charge is -2.32. The first-order valence-corrected chi connectivity index (χ1v) is 10.0. The highest BCUT2D eigenvalue weighted by Gasteiger charge is 2.32. The third-order valence-electron chi connectivity index (χ3n) is 6.26. The third-order valence-corrected chi connectivity index (χ3v) is 6.26. The molecule has 3 saturated carbocycles. The van der Waals surface area contributed by atoms with E-state index in [1.54, 1.807) is 0 Å². The van der Waals surface area contributed by atoms with Crippen LogP contribution >= 0.6 is 24.8 Å². The Morgan fingerprint density at radius 2 is 1.73 bits per heavy atom. The summed E-state index contributed by atoms with van der Waals surface area (Å²) in [5.41, 5.74) is 7.23. The molecule has 4 rings (SSSR count). The Morgan fingerprint density at radius 1 is 1.04 bits per heavy atom. The van der Waals surface area contributed by atoms with Gasteiger partial charge in [-0.15, -0.1) is 24.8 Å². The van der Waals surface area contributed by atoms with E-state index in [0.717, 1.165) is 36.9 Å². The molecule has 0 amide bonds. The summed E-state index contributed by atoms with van der Waals surface area (Å²) in [5.74, 6) is 4.38. The molecule has 1 heterocycles. The summed E-state index contributed by atoms with van der Waals surface area (Å²) in [7, 11) is 2.20. The molecule has 3 aliphatic carbocycles. The van der Waals surface area contributed by atoms with E-state index < -0.39 is 0 Å². The van der Waals surface area contributed by atoms with Gasteiger partial charge in [-0.05, 0) is 44.4 Å². The highest BCUT2D eigenvalue weighted by Crippen LogP contribution is 2.41. The molecule has 26 heavy (non-hydrogen) atoms. The average Bonchev–Trinajstić information content (AvgIpc) is 3.29. The molecule has 0 radical (unpaired) electrons. The summed E-state index contributed by atoms with van der Waals surface area (Å²) in [6.07, 6.45) is 13.2. The zero-order valence-corrected chi connectivity index (χ0v) is 17.5. The molecule has 6 heteroatoms. The van der Waals surface area contributed by atoms with E-state index in [1.807, 2.05) is 0 Å². The number of hydrogen-bond donors (Lipinski definition) is 1. The van der Waals surface area contributed by atoms with Gasteiger partial charge in [-0.2, -0.15) is 0 Å². The summed E-state index contributed by atoms with van der Waals surface area (Å²) in [5, 5.41) is 0. The lowest BCUT2D eigenvalue weighted by atomic mass is 9.78. The Kier molecular flexibility index (Phi) is 7.99. The van der Waals surface area contributed by atoms with Crippen molar-refractivity contribution in [3.8, 4) is 0 Å². The molecular weight excluding hydrogens is 367 g/mol. The molecule has 148 valence electrons. The van der Waals surface area contributed by atoms with Crippen LogP contribution in [0.1, 0.15) is 87.6 Å². The number of hydrogen-bond acceptors (Lipinski definition) is 4. The van der Waals surface area contributed by atoms with Gasteiger partial charge < -0.3 is 10.6 Å². The van der Waals surface area contributed by atoms with Gasteiger partial charge >= 0.3 is 0 Å². The van der Waals surface area contributed by atoms with Crippen LogP contribution in [0, 0.1) is 5.92 Å². The minimum absolute atomic E-state index is 0. The Labute approximate surface area is 170 Å². The number of nitrogens with two attached hydrogens (primary N) is 1. The highest BCUT2D eigenvalue weighted by atomic mass is 35.5. The summed E-state index contributed by atoms with van der Waals surface area (Å²) in [6.45, 7) is 1.11. The Bertz CT molecular complexity index is 567. The predicted molar refractivity (Wildman–Crippen MR) is 113 cm³/mol. The van der Waals surface area contributed by atoms with Crippen molar-refractivity contribution in [1.29, 1.82) is 0 Å². The second kappa shape index (κ2) is 9.57. The van der Waals surface area contributed by atoms with E-state index in [4.69, 9.17) is 15.7 Å². The van der Waals surface area contributed by atoms with Crippen molar-refractivity contribution in [2.24, 2.45) is 11.7 Å². The average molecular weight is 401 g/mol. The molecule has 0 bridgehead atoms. The van der Waals surface area contributed by atoms with Crippen LogP contribution < -0.4 is 10.6 Å². The van der Waals surface area contributed by atoms with Crippen LogP contribution in [-0.4, -0.2) is 29.6 Å². The van der Waals surface area contributed by atoms with Crippen molar-refractivity contribution in [1.82, 2.24) is 9.97 Å². The van der Waals surface area contributed by atoms with Gasteiger partial charge in [0, 0.05) is 43.2 Å². The van der Waals surface area contributed by atoms with Crippen LogP contribution in [0.5, 0.6) is 0 Å². The molecular formula is C20H34Cl2N4. The first-order valence-electron chi connectivity index (χ1n) is 10.0. The van der Waals surface area contributed by atoms with E-state index in [0.29, 0.717) is 17.9 Å². The Hall–Kier alpha value is -0.580. The first-order chi connectivity index (χ1) is 11.7. The molecule has 1 aromatic heterocycles. The zero-order chi connectivity index (χ0) is 16.5. The fraction of sp³-hybridized carbons (Fsp3) is 0.800. The Morgan fingerprint density at radius 3 is 2.35 bits per heavy atom. The van der Waals surface area contributed by atoms with Gasteiger partial charge in [0.05, 0.1) is 0 Å². The van der Waals surface area contributed by atoms with Crippen molar-refractivity contribution in [3.05, 3.63) is 17.6 Å². The second-order valence-electron chi connectivity index (χ2n) is 8.43. The fourth-order valence-corrected chi connectivity index (χ4v) is 4.33. The molecule has 3 aliphatic rings. The van der Waals surface area contributed by atoms with Crippen LogP contribution in [0.4, 0.5) is 5.82 Å². The number of anilines is 1. The second-order valence-corrected chi connectivity index (χ2v) is 8.43. The normalized spacial score (nSPS) is 25.2. The van der Waals surface area contributed by atoms with E-state index in [-0.39, 0.29) is 24.8 Å². The van der Waals surface area contributed by atoms with Crippen LogP contribution in [0.25, 0.3) is 0 Å². The molecule has 3 fully saturated rings. The molecule has 0 saturated heterocycles. The van der Waals surface area contributed by atoms with Gasteiger partial charge in [-0.1, -0.05) is 25.7 Å². The third kappa shape index (κ3) is 5.24. The number of halogens is 2. The predicted octanol–water partition coefficient (Wildman–Crippen LogP) is 4.81. The number of nitrogens with zero attached hydrogens (tertiary/aromatic N) is 3. The van der Waals surface area contributed by atoms with E-state index >= 15 is 0 Å². The van der Waals surface area contributed by atoms with Crippen molar-refractivity contribution >= 4 is 30.6 Å². The monoisotopic (exact) mass is 400 g/mol. The van der Waals surface area contributed by atoms with Crippen LogP contribution in [-0.2, 0) is 0 Å². The largest absolute Gasteiger partial charge is 0.360 e. The fourth-order valence-electron chi connectivity index (χ4n) is 4.33. The summed E-state index contributed by atoms with van der Waals surface area (Å²) in [6, 6.07) is 2.61. The molecule has 0 atom stereocenters. The first kappa shape index (κ1) is 21.7. The summed E-state index contributed by atoms with van der Waals surface area (Å²) in [4.78, 5) is 12.1. The molecule has 0 spiro atoms. The minimum Gasteiger partial charge on any atom is -0.360 e. The smallest absolute Gasteiger partial charge is 0.134 e. The van der Waals surface area contributed by atoms with Gasteiger partial charge in [0.15, 0.2) is 0 Å². The van der Waals surface area contributed by atoms with Crippen LogP contribution in [0.2, 0.25) is 0 Å². The van der Waals surface area contributed by atoms with Crippen molar-refractivity contribution < 1.29 is 0 Å². The lowest BCUT2D eigenvalue weighted by Crippen LogP contribution is -2.35. The molecule has 2 N–H and O–H groups in total. The topological polar surface area (TPSA) is 55.0 Å². The molecule has 1 aromatic rings. The highest BCUT2D eigenvalue weighted by molar-refractivity contribution is 5.85. The maximum Gasteiger partial charge on any atom is 0.134 e. The zero-order valence-electron chi connectivity index (χ0n) is 15.9. The quantitative estimate of drug-likeness (QED) is 0.713. The summed E-state index contributed by atoms with van der Waals surface area (Å²) >= 11 is 0. The Balaban J connectivity index is 0.00000121. The lowest BCUT2D eigenvalue weighted by molar-refractivity contribution is 0.344. The van der Waals surface area contributed by atoms with Gasteiger partial charge in [0.2, 0.25) is 0 Å². The van der Waals surface area contributed by atoms with Crippen LogP contribution in [0.3, 0.4) is 0 Å². The van der Waals surface area contributed by atoms with Gasteiger partial charge in [-0.25, -0.2) is 9.97 Å². The maximum atomic E-state index is 5.99. The standard InChI is InChI=1S/C20H32N4.2ClH/c1-24(10-4-7-14-5-2-3-6-14)19-13-18(16-11-17(21)12-16)22-20(23-19)15-8-9-15;;/h13-17H,2-12,21H2,1H3;2*1H. The van der Waals surface area contributed by atoms with Crippen molar-refractivity contribution in [2.75, 3.05) is 18.5 Å². The van der Waals surface area contributed by atoms with E-state index in [1.165, 1.54) is 57.1 Å². The summed E-state index contributed by atoms with van der Waals surface area (Å²) < 4.78 is 0. The SMILES string of the molecule is CN(CCCC1CCCC1)c1cc(C2CC(N)C2)nc(C2CC2)n1.Cl.Cl. The van der Waals surface area contributed by atoms with Crippen molar-refractivity contribution in [3.63, 3.8) is 0 Å². The number of rotatable bonds is 7. The minimum atomic E-state index is 0. The van der Waals surface area contributed by atoms with Gasteiger partial charge in [-0.3, -0.25) is 0 Å². The maximum absolute atomic E-state index is 5.99. The molecule has 0 aromatic carbocycles. The van der Waals surface area contributed by atoms with Gasteiger partial charge in [0.25, 0.3) is 0 Å². The van der Waals surface area contributed by atoms with Gasteiger partial charge in [0.1, 0.15) is 11.6 Å². The van der Waals surface area contributed by atoms with Crippen LogP contribution in [0.15, 0.2) is 6.07 Å². The number of aromatic nitrogens is 2.